The van der Waals surface area contributed by atoms with Gasteiger partial charge in [0.2, 0.25) is 5.91 Å². The fourth-order valence-corrected chi connectivity index (χ4v) is 4.92. The van der Waals surface area contributed by atoms with Gasteiger partial charge >= 0.3 is 6.09 Å². The minimum Gasteiger partial charge on any atom is -0.444 e. The molecule has 2 rings (SSSR count). The smallest absolute Gasteiger partial charge is 0.408 e. The molecule has 2 aromatic carbocycles. The van der Waals surface area contributed by atoms with E-state index in [0.29, 0.717) is 13.0 Å². The SMILES string of the molecule is CCCCCN(C(=O)C(NC(=O)OC(C)(C)C)C(C)CC)C(C(=O)Nc1c(C)cccc1C)c1cccc(C)c1C. The van der Waals surface area contributed by atoms with Gasteiger partial charge < -0.3 is 20.3 Å². The summed E-state index contributed by atoms with van der Waals surface area (Å²) in [5, 5.41) is 6.01. The highest BCUT2D eigenvalue weighted by Gasteiger charge is 2.38. The molecule has 0 heterocycles. The van der Waals surface area contributed by atoms with Crippen LogP contribution in [0.5, 0.6) is 0 Å². The fourth-order valence-electron chi connectivity index (χ4n) is 4.92. The maximum absolute atomic E-state index is 14.5. The highest BCUT2D eigenvalue weighted by Crippen LogP contribution is 2.31. The molecule has 0 aliphatic rings. The normalized spacial score (nSPS) is 13.6. The lowest BCUT2D eigenvalue weighted by molar-refractivity contribution is -0.142. The monoisotopic (exact) mass is 565 g/mol. The van der Waals surface area contributed by atoms with Gasteiger partial charge in [-0.1, -0.05) is 76.4 Å². The Morgan fingerprint density at radius 3 is 2.05 bits per heavy atom. The highest BCUT2D eigenvalue weighted by atomic mass is 16.6. The van der Waals surface area contributed by atoms with Crippen LogP contribution in [0.15, 0.2) is 36.4 Å². The Kier molecular flexibility index (Phi) is 12.4. The van der Waals surface area contributed by atoms with Gasteiger partial charge in [-0.3, -0.25) is 9.59 Å². The molecule has 7 heteroatoms. The van der Waals surface area contributed by atoms with Crippen LogP contribution in [0.1, 0.15) is 101 Å². The molecule has 41 heavy (non-hydrogen) atoms. The van der Waals surface area contributed by atoms with E-state index in [2.05, 4.69) is 17.6 Å². The average Bonchev–Trinajstić information content (AvgIpc) is 2.89. The number of para-hydroxylation sites is 1. The quantitative estimate of drug-likeness (QED) is 0.260. The van der Waals surface area contributed by atoms with Crippen molar-refractivity contribution in [1.82, 2.24) is 10.2 Å². The van der Waals surface area contributed by atoms with Gasteiger partial charge in [0.05, 0.1) is 0 Å². The van der Waals surface area contributed by atoms with E-state index < -0.39 is 23.8 Å². The summed E-state index contributed by atoms with van der Waals surface area (Å²) >= 11 is 0. The molecule has 0 fully saturated rings. The van der Waals surface area contributed by atoms with Gasteiger partial charge in [0.25, 0.3) is 5.91 Å². The Morgan fingerprint density at radius 1 is 0.902 bits per heavy atom. The van der Waals surface area contributed by atoms with E-state index in [1.54, 1.807) is 25.7 Å². The first kappa shape index (κ1) is 33.9. The molecule has 2 N–H and O–H groups in total. The number of carbonyl (C=O) groups is 3. The van der Waals surface area contributed by atoms with Gasteiger partial charge in [0.15, 0.2) is 0 Å². The number of amides is 3. The predicted octanol–water partition coefficient (Wildman–Crippen LogP) is 7.56. The number of nitrogens with zero attached hydrogens (tertiary/aromatic N) is 1. The molecule has 0 bridgehead atoms. The Hall–Kier alpha value is -3.35. The minimum absolute atomic E-state index is 0.176. The van der Waals surface area contributed by atoms with E-state index in [1.807, 2.05) is 77.9 Å². The number of ether oxygens (including phenoxy) is 1. The van der Waals surface area contributed by atoms with Crippen molar-refractivity contribution < 1.29 is 19.1 Å². The zero-order valence-electron chi connectivity index (χ0n) is 26.8. The number of nitrogens with one attached hydrogen (secondary N) is 2. The summed E-state index contributed by atoms with van der Waals surface area (Å²) in [6, 6.07) is 10.0. The molecular weight excluding hydrogens is 514 g/mol. The van der Waals surface area contributed by atoms with Crippen LogP contribution in [0, 0.1) is 33.6 Å². The maximum atomic E-state index is 14.5. The summed E-state index contributed by atoms with van der Waals surface area (Å²) in [6.45, 7) is 19.7. The molecule has 0 radical (unpaired) electrons. The number of anilines is 1. The predicted molar refractivity (Wildman–Crippen MR) is 167 cm³/mol. The van der Waals surface area contributed by atoms with Crippen LogP contribution in [-0.2, 0) is 14.3 Å². The second-order valence-electron chi connectivity index (χ2n) is 12.2. The molecule has 0 aromatic heterocycles. The molecule has 0 spiro atoms. The van der Waals surface area contributed by atoms with Gasteiger partial charge in [-0.25, -0.2) is 4.79 Å². The van der Waals surface area contributed by atoms with E-state index in [9.17, 15) is 14.4 Å². The first-order valence-corrected chi connectivity index (χ1v) is 14.9. The number of benzene rings is 2. The molecule has 3 unspecified atom stereocenters. The van der Waals surface area contributed by atoms with Gasteiger partial charge in [-0.05, 0) is 88.6 Å². The summed E-state index contributed by atoms with van der Waals surface area (Å²) < 4.78 is 5.52. The van der Waals surface area contributed by atoms with E-state index in [-0.39, 0.29) is 17.7 Å². The van der Waals surface area contributed by atoms with Crippen molar-refractivity contribution in [2.45, 2.75) is 113 Å². The molecule has 0 aliphatic heterocycles. The minimum atomic E-state index is -0.884. The lowest BCUT2D eigenvalue weighted by Gasteiger charge is -2.37. The lowest BCUT2D eigenvalue weighted by Crippen LogP contribution is -2.55. The summed E-state index contributed by atoms with van der Waals surface area (Å²) in [5.41, 5.74) is 4.72. The van der Waals surface area contributed by atoms with Crippen molar-refractivity contribution in [1.29, 1.82) is 0 Å². The highest BCUT2D eigenvalue weighted by molar-refractivity contribution is 6.00. The molecule has 0 saturated carbocycles. The van der Waals surface area contributed by atoms with Crippen LogP contribution >= 0.6 is 0 Å². The van der Waals surface area contributed by atoms with Crippen molar-refractivity contribution in [3.05, 3.63) is 64.2 Å². The van der Waals surface area contributed by atoms with Crippen LogP contribution in [0.4, 0.5) is 10.5 Å². The number of carbonyl (C=O) groups excluding carboxylic acids is 3. The Labute approximate surface area is 247 Å². The standard InChI is InChI=1S/C34H51N3O4/c1-11-13-14-21-37(32(39)29(22(3)12-2)36-33(40)41-34(8,9)10)30(27-20-16-17-23(4)26(27)7)31(38)35-28-24(5)18-15-19-25(28)6/h15-20,22,29-30H,11-14,21H2,1-10H3,(H,35,38)(H,36,40). The maximum Gasteiger partial charge on any atom is 0.408 e. The topological polar surface area (TPSA) is 87.7 Å². The summed E-state index contributed by atoms with van der Waals surface area (Å²) in [4.78, 5) is 43.4. The largest absolute Gasteiger partial charge is 0.444 e. The van der Waals surface area contributed by atoms with Crippen molar-refractivity contribution in [2.75, 3.05) is 11.9 Å². The number of aryl methyl sites for hydroxylation is 3. The van der Waals surface area contributed by atoms with Crippen LogP contribution < -0.4 is 10.6 Å². The van der Waals surface area contributed by atoms with Crippen LogP contribution in [0.25, 0.3) is 0 Å². The molecule has 3 atom stereocenters. The summed E-state index contributed by atoms with van der Waals surface area (Å²) in [7, 11) is 0. The molecule has 2 aromatic rings. The van der Waals surface area contributed by atoms with Crippen molar-refractivity contribution in [2.24, 2.45) is 5.92 Å². The van der Waals surface area contributed by atoms with E-state index in [0.717, 1.165) is 52.8 Å². The number of rotatable bonds is 12. The summed E-state index contributed by atoms with van der Waals surface area (Å²) in [6.07, 6.45) is 2.64. The third-order valence-electron chi connectivity index (χ3n) is 7.67. The molecule has 226 valence electrons. The molecule has 7 nitrogen and oxygen atoms in total. The van der Waals surface area contributed by atoms with Crippen molar-refractivity contribution >= 4 is 23.6 Å². The Balaban J connectivity index is 2.66. The van der Waals surface area contributed by atoms with Gasteiger partial charge in [0.1, 0.15) is 17.7 Å². The van der Waals surface area contributed by atoms with E-state index >= 15 is 0 Å². The zero-order valence-corrected chi connectivity index (χ0v) is 26.8. The van der Waals surface area contributed by atoms with E-state index in [4.69, 9.17) is 4.74 Å². The van der Waals surface area contributed by atoms with Gasteiger partial charge in [0, 0.05) is 12.2 Å². The van der Waals surface area contributed by atoms with Gasteiger partial charge in [-0.2, -0.15) is 0 Å². The first-order chi connectivity index (χ1) is 19.2. The molecule has 0 saturated heterocycles. The van der Waals surface area contributed by atoms with Crippen molar-refractivity contribution in [3.8, 4) is 0 Å². The van der Waals surface area contributed by atoms with Crippen LogP contribution in [-0.4, -0.2) is 41.0 Å². The van der Waals surface area contributed by atoms with Gasteiger partial charge in [-0.15, -0.1) is 0 Å². The number of hydrogen-bond acceptors (Lipinski definition) is 4. The zero-order chi connectivity index (χ0) is 30.9. The van der Waals surface area contributed by atoms with Crippen LogP contribution in [0.3, 0.4) is 0 Å². The third kappa shape index (κ3) is 9.34. The lowest BCUT2D eigenvalue weighted by atomic mass is 9.92. The number of alkyl carbamates (subject to hydrolysis) is 1. The molecular formula is C34H51N3O4. The average molecular weight is 566 g/mol. The second-order valence-corrected chi connectivity index (χ2v) is 12.2. The van der Waals surface area contributed by atoms with Crippen LogP contribution in [0.2, 0.25) is 0 Å². The number of hydrogen-bond donors (Lipinski definition) is 2. The summed E-state index contributed by atoms with van der Waals surface area (Å²) in [5.74, 6) is -0.741. The van der Waals surface area contributed by atoms with Crippen molar-refractivity contribution in [3.63, 3.8) is 0 Å². The first-order valence-electron chi connectivity index (χ1n) is 14.9. The second kappa shape index (κ2) is 15.0. The fraction of sp³-hybridized carbons (Fsp3) is 0.559. The van der Waals surface area contributed by atoms with E-state index in [1.165, 1.54) is 0 Å². The Bertz CT molecular complexity index is 1180. The third-order valence-corrected chi connectivity index (χ3v) is 7.67. The molecule has 0 aliphatic carbocycles. The Morgan fingerprint density at radius 2 is 1.49 bits per heavy atom. The molecule has 3 amide bonds. The number of unbranched alkanes of at least 4 members (excludes halogenated alkanes) is 2.